The first-order valence-electron chi connectivity index (χ1n) is 10.7. The van der Waals surface area contributed by atoms with Crippen molar-refractivity contribution in [3.63, 3.8) is 0 Å². The Hall–Kier alpha value is -1.72. The van der Waals surface area contributed by atoms with Crippen LogP contribution in [0.1, 0.15) is 32.4 Å². The predicted octanol–water partition coefficient (Wildman–Crippen LogP) is 4.17. The van der Waals surface area contributed by atoms with Crippen LogP contribution in [-0.4, -0.2) is 67.6 Å². The summed E-state index contributed by atoms with van der Waals surface area (Å²) in [7, 11) is 2.25. The predicted molar refractivity (Wildman–Crippen MR) is 117 cm³/mol. The molecule has 1 saturated heterocycles. The zero-order valence-corrected chi connectivity index (χ0v) is 17.9. The lowest BCUT2D eigenvalue weighted by Gasteiger charge is -2.36. The largest absolute Gasteiger partial charge is 0.371 e. The monoisotopic (exact) mass is 386 g/mol. The minimum absolute atomic E-state index is 0.191. The molecule has 0 saturated carbocycles. The van der Waals surface area contributed by atoms with Crippen LogP contribution in [0.15, 0.2) is 24.3 Å². The molecule has 1 aliphatic rings. The van der Waals surface area contributed by atoms with Gasteiger partial charge in [0.15, 0.2) is 0 Å². The molecular formula is C23H35FN4. The maximum Gasteiger partial charge on any atom is 0.124 e. The zero-order valence-electron chi connectivity index (χ0n) is 17.9. The summed E-state index contributed by atoms with van der Waals surface area (Å²) in [6.45, 7) is 14.2. The van der Waals surface area contributed by atoms with Crippen molar-refractivity contribution in [3.05, 3.63) is 35.8 Å². The second-order valence-corrected chi connectivity index (χ2v) is 8.16. The van der Waals surface area contributed by atoms with E-state index in [1.807, 2.05) is 6.92 Å². The molecule has 1 aliphatic heterocycles. The molecule has 1 aromatic heterocycles. The molecule has 2 heterocycles. The van der Waals surface area contributed by atoms with Crippen LogP contribution in [0.2, 0.25) is 0 Å². The normalized spacial score (nSPS) is 15.9. The van der Waals surface area contributed by atoms with E-state index in [2.05, 4.69) is 46.6 Å². The molecule has 0 bridgehead atoms. The van der Waals surface area contributed by atoms with Gasteiger partial charge in [0.1, 0.15) is 5.82 Å². The van der Waals surface area contributed by atoms with E-state index in [1.165, 1.54) is 25.5 Å². The Balaban J connectivity index is 1.58. The molecule has 1 fully saturated rings. The summed E-state index contributed by atoms with van der Waals surface area (Å²) in [5.41, 5.74) is 3.01. The van der Waals surface area contributed by atoms with Gasteiger partial charge in [-0.25, -0.2) is 4.39 Å². The van der Waals surface area contributed by atoms with Crippen molar-refractivity contribution in [1.29, 1.82) is 0 Å². The molecule has 1 aromatic carbocycles. The van der Waals surface area contributed by atoms with E-state index in [0.29, 0.717) is 0 Å². The van der Waals surface area contributed by atoms with E-state index in [4.69, 9.17) is 0 Å². The summed E-state index contributed by atoms with van der Waals surface area (Å²) >= 11 is 0. The minimum atomic E-state index is -0.191. The summed E-state index contributed by atoms with van der Waals surface area (Å²) in [4.78, 5) is 12.0. The van der Waals surface area contributed by atoms with Gasteiger partial charge in [-0.2, -0.15) is 0 Å². The van der Waals surface area contributed by atoms with Crippen LogP contribution in [0.3, 0.4) is 0 Å². The van der Waals surface area contributed by atoms with E-state index in [9.17, 15) is 4.39 Å². The third-order valence-corrected chi connectivity index (χ3v) is 6.09. The van der Waals surface area contributed by atoms with Crippen LogP contribution >= 0.6 is 0 Å². The molecule has 0 atom stereocenters. The number of piperidine rings is 1. The summed E-state index contributed by atoms with van der Waals surface area (Å²) in [5, 5.41) is 0.931. The Bertz CT molecular complexity index is 767. The molecule has 0 radical (unpaired) electrons. The number of likely N-dealkylation sites (N-methyl/N-ethyl adjacent to an activating group) is 2. The number of pyridine rings is 1. The first-order valence-corrected chi connectivity index (χ1v) is 10.7. The lowest BCUT2D eigenvalue weighted by Crippen LogP contribution is -2.40. The quantitative estimate of drug-likeness (QED) is 0.679. The molecule has 4 nitrogen and oxygen atoms in total. The molecule has 0 spiro atoms. The number of hydrogen-bond acceptors (Lipinski definition) is 4. The molecule has 28 heavy (non-hydrogen) atoms. The second-order valence-electron chi connectivity index (χ2n) is 8.16. The van der Waals surface area contributed by atoms with Crippen molar-refractivity contribution in [1.82, 2.24) is 14.8 Å². The van der Waals surface area contributed by atoms with Gasteiger partial charge in [-0.15, -0.1) is 0 Å². The Labute approximate surface area is 169 Å². The number of hydrogen-bond donors (Lipinski definition) is 0. The SMILES string of the molecule is CCN(CC)CCN(C)CC1CCN(c2cc(C)nc3ccc(F)cc23)CC1. The Morgan fingerprint density at radius 2 is 1.82 bits per heavy atom. The second kappa shape index (κ2) is 9.66. The molecule has 154 valence electrons. The lowest BCUT2D eigenvalue weighted by atomic mass is 9.95. The van der Waals surface area contributed by atoms with E-state index in [0.717, 1.165) is 67.5 Å². The third kappa shape index (κ3) is 5.21. The smallest absolute Gasteiger partial charge is 0.124 e. The van der Waals surface area contributed by atoms with E-state index in [1.54, 1.807) is 12.1 Å². The van der Waals surface area contributed by atoms with Gasteiger partial charge in [-0.3, -0.25) is 4.98 Å². The molecule has 0 unspecified atom stereocenters. The topological polar surface area (TPSA) is 22.6 Å². The van der Waals surface area contributed by atoms with Crippen LogP contribution in [0.5, 0.6) is 0 Å². The number of nitrogens with zero attached hydrogens (tertiary/aromatic N) is 4. The van der Waals surface area contributed by atoms with Crippen molar-refractivity contribution in [2.75, 3.05) is 57.8 Å². The zero-order chi connectivity index (χ0) is 20.1. The van der Waals surface area contributed by atoms with Gasteiger partial charge in [0.2, 0.25) is 0 Å². The molecule has 5 heteroatoms. The number of aryl methyl sites for hydroxylation is 1. The lowest BCUT2D eigenvalue weighted by molar-refractivity contribution is 0.207. The van der Waals surface area contributed by atoms with Gasteiger partial charge in [-0.05, 0) is 70.1 Å². The highest BCUT2D eigenvalue weighted by molar-refractivity contribution is 5.92. The van der Waals surface area contributed by atoms with Crippen LogP contribution in [0.4, 0.5) is 10.1 Å². The summed E-state index contributed by atoms with van der Waals surface area (Å²) in [6.07, 6.45) is 2.38. The first kappa shape index (κ1) is 21.0. The number of fused-ring (bicyclic) bond motifs is 1. The van der Waals surface area contributed by atoms with Gasteiger partial charge in [0.25, 0.3) is 0 Å². The van der Waals surface area contributed by atoms with Gasteiger partial charge in [0.05, 0.1) is 5.52 Å². The fraction of sp³-hybridized carbons (Fsp3) is 0.609. The van der Waals surface area contributed by atoms with Crippen molar-refractivity contribution in [2.45, 2.75) is 33.6 Å². The highest BCUT2D eigenvalue weighted by atomic mass is 19.1. The van der Waals surface area contributed by atoms with E-state index >= 15 is 0 Å². The summed E-state index contributed by atoms with van der Waals surface area (Å²) in [5.74, 6) is 0.549. The summed E-state index contributed by atoms with van der Waals surface area (Å²) in [6, 6.07) is 7.03. The van der Waals surface area contributed by atoms with Crippen LogP contribution in [0, 0.1) is 18.7 Å². The van der Waals surface area contributed by atoms with Crippen molar-refractivity contribution < 1.29 is 4.39 Å². The van der Waals surface area contributed by atoms with Gasteiger partial charge in [0, 0.05) is 49.5 Å². The van der Waals surface area contributed by atoms with Crippen LogP contribution < -0.4 is 4.90 Å². The number of rotatable bonds is 8. The average Bonchev–Trinajstić information content (AvgIpc) is 2.69. The number of aromatic nitrogens is 1. The molecule has 0 N–H and O–H groups in total. The highest BCUT2D eigenvalue weighted by Crippen LogP contribution is 2.31. The van der Waals surface area contributed by atoms with E-state index in [-0.39, 0.29) is 5.82 Å². The van der Waals surface area contributed by atoms with Crippen molar-refractivity contribution in [3.8, 4) is 0 Å². The molecule has 3 rings (SSSR count). The first-order chi connectivity index (χ1) is 13.5. The number of halogens is 1. The highest BCUT2D eigenvalue weighted by Gasteiger charge is 2.22. The Kier molecular flexibility index (Phi) is 7.24. The fourth-order valence-corrected chi connectivity index (χ4v) is 4.31. The Morgan fingerprint density at radius 1 is 1.11 bits per heavy atom. The average molecular weight is 387 g/mol. The molecule has 0 amide bonds. The Morgan fingerprint density at radius 3 is 2.50 bits per heavy atom. The van der Waals surface area contributed by atoms with Gasteiger partial charge in [-0.1, -0.05) is 13.8 Å². The number of benzene rings is 1. The van der Waals surface area contributed by atoms with Crippen molar-refractivity contribution in [2.24, 2.45) is 5.92 Å². The molecular weight excluding hydrogens is 351 g/mol. The molecule has 2 aromatic rings. The molecule has 0 aliphatic carbocycles. The fourth-order valence-electron chi connectivity index (χ4n) is 4.31. The standard InChI is InChI=1S/C23H35FN4/c1-5-27(6-2)14-13-26(4)17-19-9-11-28(12-10-19)23-15-18(3)25-22-8-7-20(24)16-21(22)23/h7-8,15-16,19H,5-6,9-14,17H2,1-4H3. The van der Waals surface area contributed by atoms with Gasteiger partial charge >= 0.3 is 0 Å². The van der Waals surface area contributed by atoms with Crippen LogP contribution in [-0.2, 0) is 0 Å². The van der Waals surface area contributed by atoms with Crippen molar-refractivity contribution >= 4 is 16.6 Å². The van der Waals surface area contributed by atoms with Gasteiger partial charge < -0.3 is 14.7 Å². The van der Waals surface area contributed by atoms with Crippen LogP contribution in [0.25, 0.3) is 10.9 Å². The minimum Gasteiger partial charge on any atom is -0.371 e. The third-order valence-electron chi connectivity index (χ3n) is 6.09. The number of anilines is 1. The maximum absolute atomic E-state index is 13.8. The summed E-state index contributed by atoms with van der Waals surface area (Å²) < 4.78 is 13.8. The van der Waals surface area contributed by atoms with E-state index < -0.39 is 0 Å². The maximum atomic E-state index is 13.8.